The molecule has 1 rings (SSSR count). The standard InChI is InChI=1S/C12H26N2O3S/c1-3-13-10-12-6-4-7-14(11-12)18(15,16)9-5-8-17-2/h12-13H,3-11H2,1-2H3. The van der Waals surface area contributed by atoms with Gasteiger partial charge in [-0.15, -0.1) is 0 Å². The molecule has 1 aliphatic heterocycles. The van der Waals surface area contributed by atoms with Gasteiger partial charge in [0.15, 0.2) is 0 Å². The van der Waals surface area contributed by atoms with Crippen molar-refractivity contribution in [3.63, 3.8) is 0 Å². The van der Waals surface area contributed by atoms with Crippen LogP contribution in [0.3, 0.4) is 0 Å². The zero-order valence-electron chi connectivity index (χ0n) is 11.5. The Hall–Kier alpha value is -0.170. The molecule has 0 bridgehead atoms. The minimum Gasteiger partial charge on any atom is -0.385 e. The third-order valence-electron chi connectivity index (χ3n) is 3.31. The van der Waals surface area contributed by atoms with Crippen molar-refractivity contribution in [3.8, 4) is 0 Å². The number of hydrogen-bond donors (Lipinski definition) is 1. The van der Waals surface area contributed by atoms with Crippen LogP contribution in [0, 0.1) is 5.92 Å². The Morgan fingerprint density at radius 3 is 2.89 bits per heavy atom. The molecule has 5 nitrogen and oxygen atoms in total. The first-order chi connectivity index (χ1) is 8.60. The lowest BCUT2D eigenvalue weighted by Crippen LogP contribution is -2.43. The second-order valence-electron chi connectivity index (χ2n) is 4.84. The Bertz CT molecular complexity index is 319. The summed E-state index contributed by atoms with van der Waals surface area (Å²) in [6.07, 6.45) is 2.67. The average Bonchev–Trinajstić information content (AvgIpc) is 2.37. The van der Waals surface area contributed by atoms with E-state index in [1.165, 1.54) is 0 Å². The number of methoxy groups -OCH3 is 1. The summed E-state index contributed by atoms with van der Waals surface area (Å²) < 4.78 is 30.8. The van der Waals surface area contributed by atoms with Gasteiger partial charge in [-0.25, -0.2) is 12.7 Å². The summed E-state index contributed by atoms with van der Waals surface area (Å²) >= 11 is 0. The quantitative estimate of drug-likeness (QED) is 0.663. The van der Waals surface area contributed by atoms with Crippen LogP contribution in [0.1, 0.15) is 26.2 Å². The molecule has 0 radical (unpaired) electrons. The van der Waals surface area contributed by atoms with Gasteiger partial charge in [0, 0.05) is 26.8 Å². The molecule has 6 heteroatoms. The van der Waals surface area contributed by atoms with Crippen LogP contribution < -0.4 is 5.32 Å². The molecule has 18 heavy (non-hydrogen) atoms. The minimum atomic E-state index is -3.09. The molecule has 1 heterocycles. The summed E-state index contributed by atoms with van der Waals surface area (Å²) in [6.45, 7) is 5.79. The minimum absolute atomic E-state index is 0.203. The lowest BCUT2D eigenvalue weighted by molar-refractivity contribution is 0.198. The molecule has 108 valence electrons. The number of nitrogens with one attached hydrogen (secondary N) is 1. The van der Waals surface area contributed by atoms with E-state index in [2.05, 4.69) is 12.2 Å². The smallest absolute Gasteiger partial charge is 0.214 e. The third kappa shape index (κ3) is 5.22. The molecular weight excluding hydrogens is 252 g/mol. The normalized spacial score (nSPS) is 22.2. The molecule has 0 spiro atoms. The highest BCUT2D eigenvalue weighted by Crippen LogP contribution is 2.19. The maximum atomic E-state index is 12.1. The van der Waals surface area contributed by atoms with Gasteiger partial charge in [-0.2, -0.15) is 0 Å². The molecule has 0 aromatic carbocycles. The number of piperidine rings is 1. The van der Waals surface area contributed by atoms with Crippen molar-refractivity contribution in [2.75, 3.05) is 45.6 Å². The number of hydrogen-bond acceptors (Lipinski definition) is 4. The van der Waals surface area contributed by atoms with Gasteiger partial charge >= 0.3 is 0 Å². The van der Waals surface area contributed by atoms with Crippen molar-refractivity contribution in [1.29, 1.82) is 0 Å². The van der Waals surface area contributed by atoms with Crippen LogP contribution in [0.5, 0.6) is 0 Å². The maximum Gasteiger partial charge on any atom is 0.214 e. The van der Waals surface area contributed by atoms with E-state index in [1.54, 1.807) is 11.4 Å². The Morgan fingerprint density at radius 2 is 2.22 bits per heavy atom. The summed E-state index contributed by atoms with van der Waals surface area (Å²) in [5.74, 6) is 0.658. The van der Waals surface area contributed by atoms with Crippen molar-refractivity contribution in [2.45, 2.75) is 26.2 Å². The van der Waals surface area contributed by atoms with E-state index >= 15 is 0 Å². The molecule has 0 saturated carbocycles. The first kappa shape index (κ1) is 15.9. The molecule has 0 aromatic heterocycles. The Kier molecular flexibility index (Phi) is 7.14. The fourth-order valence-electron chi connectivity index (χ4n) is 2.31. The largest absolute Gasteiger partial charge is 0.385 e. The highest BCUT2D eigenvalue weighted by Gasteiger charge is 2.28. The molecular formula is C12H26N2O3S. The second kappa shape index (κ2) is 8.09. The summed E-state index contributed by atoms with van der Waals surface area (Å²) in [5.41, 5.74) is 0. The fraction of sp³-hybridized carbons (Fsp3) is 1.00. The van der Waals surface area contributed by atoms with Crippen LogP contribution in [0.2, 0.25) is 0 Å². The van der Waals surface area contributed by atoms with Gasteiger partial charge in [-0.3, -0.25) is 0 Å². The van der Waals surface area contributed by atoms with Crippen molar-refractivity contribution < 1.29 is 13.2 Å². The van der Waals surface area contributed by atoms with Gasteiger partial charge in [-0.05, 0) is 38.3 Å². The third-order valence-corrected chi connectivity index (χ3v) is 5.23. The van der Waals surface area contributed by atoms with Crippen molar-refractivity contribution in [3.05, 3.63) is 0 Å². The van der Waals surface area contributed by atoms with Crippen molar-refractivity contribution in [1.82, 2.24) is 9.62 Å². The van der Waals surface area contributed by atoms with Gasteiger partial charge in [-0.1, -0.05) is 6.92 Å². The van der Waals surface area contributed by atoms with Crippen LogP contribution in [0.15, 0.2) is 0 Å². The van der Waals surface area contributed by atoms with E-state index in [0.29, 0.717) is 32.0 Å². The Balaban J connectivity index is 2.43. The van der Waals surface area contributed by atoms with Gasteiger partial charge in [0.05, 0.1) is 5.75 Å². The summed E-state index contributed by atoms with van der Waals surface area (Å²) in [4.78, 5) is 0. The number of sulfonamides is 1. The van der Waals surface area contributed by atoms with Gasteiger partial charge in [0.1, 0.15) is 0 Å². The lowest BCUT2D eigenvalue weighted by Gasteiger charge is -2.32. The van der Waals surface area contributed by atoms with E-state index < -0.39 is 10.0 Å². The Labute approximate surface area is 111 Å². The summed E-state index contributed by atoms with van der Waals surface area (Å²) in [5, 5.41) is 3.30. The molecule has 1 N–H and O–H groups in total. The van der Waals surface area contributed by atoms with Crippen LogP contribution in [-0.2, 0) is 14.8 Å². The summed E-state index contributed by atoms with van der Waals surface area (Å²) in [6, 6.07) is 0. The van der Waals surface area contributed by atoms with Gasteiger partial charge in [0.25, 0.3) is 0 Å². The zero-order valence-corrected chi connectivity index (χ0v) is 12.3. The van der Waals surface area contributed by atoms with Crippen LogP contribution >= 0.6 is 0 Å². The SMILES string of the molecule is CCNCC1CCCN(S(=O)(=O)CCCOC)C1. The highest BCUT2D eigenvalue weighted by molar-refractivity contribution is 7.89. The molecule has 1 saturated heterocycles. The lowest BCUT2D eigenvalue weighted by atomic mass is 10.00. The Morgan fingerprint density at radius 1 is 1.44 bits per heavy atom. The van der Waals surface area contributed by atoms with E-state index in [4.69, 9.17) is 4.74 Å². The predicted octanol–water partition coefficient (Wildman–Crippen LogP) is 0.674. The molecule has 1 atom stereocenters. The number of nitrogens with zero attached hydrogens (tertiary/aromatic N) is 1. The second-order valence-corrected chi connectivity index (χ2v) is 6.92. The average molecular weight is 278 g/mol. The maximum absolute atomic E-state index is 12.1. The van der Waals surface area contributed by atoms with E-state index in [-0.39, 0.29) is 5.75 Å². The van der Waals surface area contributed by atoms with Crippen molar-refractivity contribution >= 4 is 10.0 Å². The molecule has 0 aliphatic carbocycles. The molecule has 1 unspecified atom stereocenters. The van der Waals surface area contributed by atoms with Crippen LogP contribution in [0.4, 0.5) is 0 Å². The van der Waals surface area contributed by atoms with Crippen LogP contribution in [0.25, 0.3) is 0 Å². The van der Waals surface area contributed by atoms with E-state index in [1.807, 2.05) is 0 Å². The van der Waals surface area contributed by atoms with E-state index in [0.717, 1.165) is 25.9 Å². The van der Waals surface area contributed by atoms with Crippen LogP contribution in [-0.4, -0.2) is 58.4 Å². The zero-order chi connectivity index (χ0) is 13.4. The highest BCUT2D eigenvalue weighted by atomic mass is 32.2. The number of rotatable bonds is 8. The molecule has 1 fully saturated rings. The molecule has 0 amide bonds. The first-order valence-corrected chi connectivity index (χ1v) is 8.38. The predicted molar refractivity (Wildman–Crippen MR) is 73.1 cm³/mol. The summed E-state index contributed by atoms with van der Waals surface area (Å²) in [7, 11) is -1.49. The van der Waals surface area contributed by atoms with E-state index in [9.17, 15) is 8.42 Å². The van der Waals surface area contributed by atoms with Gasteiger partial charge < -0.3 is 10.1 Å². The monoisotopic (exact) mass is 278 g/mol. The molecule has 1 aliphatic rings. The fourth-order valence-corrected chi connectivity index (χ4v) is 3.90. The molecule has 0 aromatic rings. The first-order valence-electron chi connectivity index (χ1n) is 6.77. The van der Waals surface area contributed by atoms with Crippen molar-refractivity contribution in [2.24, 2.45) is 5.92 Å². The van der Waals surface area contributed by atoms with Gasteiger partial charge in [0.2, 0.25) is 10.0 Å². The topological polar surface area (TPSA) is 58.6 Å². The number of ether oxygens (including phenoxy) is 1.